The van der Waals surface area contributed by atoms with Gasteiger partial charge in [0.05, 0.1) is 0 Å². The molecule has 10 heteroatoms. The lowest BCUT2D eigenvalue weighted by atomic mass is 10.2. The Labute approximate surface area is 80.1 Å². The van der Waals surface area contributed by atoms with E-state index in [1.807, 2.05) is 0 Å². The van der Waals surface area contributed by atoms with Gasteiger partial charge in [0.1, 0.15) is 0 Å². The van der Waals surface area contributed by atoms with Gasteiger partial charge in [0.25, 0.3) is 0 Å². The molecule has 3 nitrogen and oxygen atoms in total. The van der Waals surface area contributed by atoms with Gasteiger partial charge >= 0.3 is 27.2 Å². The maximum atomic E-state index is 12.4. The van der Waals surface area contributed by atoms with Crippen LogP contribution in [0.3, 0.4) is 0 Å². The highest BCUT2D eigenvalue weighted by Crippen LogP contribution is 2.48. The van der Waals surface area contributed by atoms with Crippen molar-refractivity contribution in [1.82, 2.24) is 0 Å². The molecule has 90 valence electrons. The topological polar surface area (TPSA) is 54.4 Å². The van der Waals surface area contributed by atoms with Gasteiger partial charge in [-0.25, -0.2) is 0 Å². The monoisotopic (exact) mass is 258 g/mol. The number of rotatable bonds is 4. The zero-order valence-electron chi connectivity index (χ0n) is 6.72. The summed E-state index contributed by atoms with van der Waals surface area (Å²) in [4.78, 5) is 0. The summed E-state index contributed by atoms with van der Waals surface area (Å²) in [5.41, 5.74) is 0. The number of allylic oxidation sites excluding steroid dienone is 1. The molecule has 0 aromatic heterocycles. The van der Waals surface area contributed by atoms with Crippen LogP contribution in [0.1, 0.15) is 0 Å². The Morgan fingerprint density at radius 1 is 1.07 bits per heavy atom. The highest BCUT2D eigenvalue weighted by Gasteiger charge is 2.76. The van der Waals surface area contributed by atoms with Crippen LogP contribution in [0.15, 0.2) is 12.7 Å². The van der Waals surface area contributed by atoms with E-state index < -0.39 is 33.3 Å². The minimum Gasteiger partial charge on any atom is -0.281 e. The van der Waals surface area contributed by atoms with Gasteiger partial charge in [-0.3, -0.25) is 4.55 Å². The fourth-order valence-corrected chi connectivity index (χ4v) is 0.944. The first-order chi connectivity index (χ1) is 6.31. The lowest BCUT2D eigenvalue weighted by Gasteiger charge is -2.28. The molecule has 0 aliphatic heterocycles. The molecular weight excluding hydrogens is 254 g/mol. The van der Waals surface area contributed by atoms with Crippen LogP contribution in [0.4, 0.5) is 26.3 Å². The molecule has 0 amide bonds. The molecule has 0 rings (SSSR count). The Kier molecular flexibility index (Phi) is 3.20. The van der Waals surface area contributed by atoms with Crippen molar-refractivity contribution in [1.29, 1.82) is 0 Å². The van der Waals surface area contributed by atoms with Gasteiger partial charge in [-0.2, -0.15) is 34.8 Å². The maximum Gasteiger partial charge on any atom is 0.438 e. The second-order valence-electron chi connectivity index (χ2n) is 2.39. The molecular formula is C5H4F6O3S. The second kappa shape index (κ2) is 3.37. The summed E-state index contributed by atoms with van der Waals surface area (Å²) in [6.45, 7) is 2.15. The first-order valence-corrected chi connectivity index (χ1v) is 4.49. The van der Waals surface area contributed by atoms with Gasteiger partial charge < -0.3 is 0 Å². The van der Waals surface area contributed by atoms with E-state index in [4.69, 9.17) is 4.55 Å². The molecule has 0 fully saturated rings. The summed E-state index contributed by atoms with van der Waals surface area (Å²) in [6.07, 6.45) is -0.841. The van der Waals surface area contributed by atoms with Gasteiger partial charge in [-0.15, -0.1) is 0 Å². The Morgan fingerprint density at radius 2 is 1.40 bits per heavy atom. The molecule has 0 spiro atoms. The van der Waals surface area contributed by atoms with Crippen LogP contribution in [0.2, 0.25) is 0 Å². The van der Waals surface area contributed by atoms with E-state index in [9.17, 15) is 34.8 Å². The van der Waals surface area contributed by atoms with Crippen molar-refractivity contribution < 1.29 is 39.3 Å². The highest BCUT2D eigenvalue weighted by molar-refractivity contribution is 7.87. The van der Waals surface area contributed by atoms with Gasteiger partial charge in [-0.1, -0.05) is 6.58 Å². The predicted molar refractivity (Wildman–Crippen MR) is 36.6 cm³/mol. The van der Waals surface area contributed by atoms with Gasteiger partial charge in [-0.05, 0) is 6.08 Å². The lowest BCUT2D eigenvalue weighted by Crippen LogP contribution is -2.56. The molecule has 0 aliphatic carbocycles. The number of halogens is 6. The Morgan fingerprint density at radius 3 is 1.60 bits per heavy atom. The highest BCUT2D eigenvalue weighted by atomic mass is 32.2. The van der Waals surface area contributed by atoms with Crippen molar-refractivity contribution in [2.75, 3.05) is 0 Å². The molecule has 0 aromatic carbocycles. The average molecular weight is 258 g/mol. The van der Waals surface area contributed by atoms with Crippen LogP contribution in [-0.4, -0.2) is 30.1 Å². The SMILES string of the molecule is C=CC(F)(F)C(F)(F)C(F)(F)S(=O)(=O)O. The normalized spacial score (nSPS) is 15.1. The van der Waals surface area contributed by atoms with E-state index in [-0.39, 0.29) is 0 Å². The van der Waals surface area contributed by atoms with Crippen LogP contribution >= 0.6 is 0 Å². The molecule has 0 atom stereocenters. The van der Waals surface area contributed by atoms with E-state index in [0.29, 0.717) is 0 Å². The number of hydrogen-bond acceptors (Lipinski definition) is 2. The first-order valence-electron chi connectivity index (χ1n) is 3.05. The molecule has 0 radical (unpaired) electrons. The first kappa shape index (κ1) is 14.2. The summed E-state index contributed by atoms with van der Waals surface area (Å²) < 4.78 is 101. The summed E-state index contributed by atoms with van der Waals surface area (Å²) in [5.74, 6) is -11.8. The fourth-order valence-electron chi connectivity index (χ4n) is 0.484. The minimum absolute atomic E-state index is 0.841. The second-order valence-corrected chi connectivity index (χ2v) is 3.86. The molecule has 0 unspecified atom stereocenters. The van der Waals surface area contributed by atoms with Crippen molar-refractivity contribution in [3.05, 3.63) is 12.7 Å². The quantitative estimate of drug-likeness (QED) is 0.476. The van der Waals surface area contributed by atoms with Crippen LogP contribution < -0.4 is 0 Å². The molecule has 0 heterocycles. The molecule has 0 aromatic rings. The van der Waals surface area contributed by atoms with E-state index in [1.165, 1.54) is 0 Å². The van der Waals surface area contributed by atoms with Crippen molar-refractivity contribution in [2.24, 2.45) is 0 Å². The molecule has 0 saturated carbocycles. The maximum absolute atomic E-state index is 12.4. The van der Waals surface area contributed by atoms with E-state index >= 15 is 0 Å². The average Bonchev–Trinajstić information content (AvgIpc) is 2.01. The standard InChI is InChI=1S/C5H4F6O3S/c1-2-3(6,7)4(8,9)5(10,11)15(12,13)14/h2H,1H2,(H,12,13,14). The Bertz CT molecular complexity index is 359. The Balaban J connectivity index is 5.69. The molecule has 1 N–H and O–H groups in total. The van der Waals surface area contributed by atoms with Crippen molar-refractivity contribution in [2.45, 2.75) is 17.1 Å². The van der Waals surface area contributed by atoms with Crippen molar-refractivity contribution in [3.8, 4) is 0 Å². The summed E-state index contributed by atoms with van der Waals surface area (Å²) >= 11 is 0. The van der Waals surface area contributed by atoms with Crippen molar-refractivity contribution >= 4 is 10.1 Å². The van der Waals surface area contributed by atoms with E-state index in [1.54, 1.807) is 0 Å². The van der Waals surface area contributed by atoms with Crippen molar-refractivity contribution in [3.63, 3.8) is 0 Å². The van der Waals surface area contributed by atoms with Crippen LogP contribution in [0.5, 0.6) is 0 Å². The largest absolute Gasteiger partial charge is 0.438 e. The molecule has 0 saturated heterocycles. The summed E-state index contributed by atoms with van der Waals surface area (Å²) in [6, 6.07) is 0. The smallest absolute Gasteiger partial charge is 0.281 e. The molecule has 0 aliphatic rings. The van der Waals surface area contributed by atoms with E-state index in [0.717, 1.165) is 0 Å². The summed E-state index contributed by atoms with van der Waals surface area (Å²) in [5, 5.41) is -6.31. The van der Waals surface area contributed by atoms with Crippen LogP contribution in [0, 0.1) is 0 Å². The van der Waals surface area contributed by atoms with Gasteiger partial charge in [0.2, 0.25) is 0 Å². The third-order valence-electron chi connectivity index (χ3n) is 1.36. The fraction of sp³-hybridized carbons (Fsp3) is 0.600. The molecule has 0 bridgehead atoms. The summed E-state index contributed by atoms with van der Waals surface area (Å²) in [7, 11) is -6.66. The number of alkyl halides is 6. The van der Waals surface area contributed by atoms with E-state index in [2.05, 4.69) is 6.58 Å². The van der Waals surface area contributed by atoms with Gasteiger partial charge in [0, 0.05) is 0 Å². The third kappa shape index (κ3) is 1.95. The zero-order chi connectivity index (χ0) is 12.7. The van der Waals surface area contributed by atoms with Crippen LogP contribution in [0.25, 0.3) is 0 Å². The third-order valence-corrected chi connectivity index (χ3v) is 2.27. The van der Waals surface area contributed by atoms with Crippen LogP contribution in [-0.2, 0) is 10.1 Å². The predicted octanol–water partition coefficient (Wildman–Crippen LogP) is 1.92. The zero-order valence-corrected chi connectivity index (χ0v) is 7.54. The molecule has 15 heavy (non-hydrogen) atoms. The van der Waals surface area contributed by atoms with Gasteiger partial charge in [0.15, 0.2) is 0 Å². The minimum atomic E-state index is -6.66. The number of hydrogen-bond donors (Lipinski definition) is 1. The lowest BCUT2D eigenvalue weighted by molar-refractivity contribution is -0.260. The Hall–Kier alpha value is -0.770.